The maximum Gasteiger partial charge on any atom is 0.573 e. The van der Waals surface area contributed by atoms with E-state index in [2.05, 4.69) is 25.0 Å². The first-order valence-corrected chi connectivity index (χ1v) is 10.1. The summed E-state index contributed by atoms with van der Waals surface area (Å²) in [6, 6.07) is 13.0. The van der Waals surface area contributed by atoms with Gasteiger partial charge in [-0.25, -0.2) is 0 Å². The molecule has 0 aliphatic rings. The van der Waals surface area contributed by atoms with Gasteiger partial charge in [-0.05, 0) is 78.1 Å². The van der Waals surface area contributed by atoms with Gasteiger partial charge in [0, 0.05) is 15.5 Å². The number of hydrogen-bond donors (Lipinski definition) is 1. The highest BCUT2D eigenvalue weighted by molar-refractivity contribution is 7.99. The fraction of sp³-hybridized carbons (Fsp3) is 0.118. The first-order valence-electron chi connectivity index (χ1n) is 7.67. The van der Waals surface area contributed by atoms with Gasteiger partial charge in [0.05, 0.1) is 0 Å². The molecule has 3 rings (SSSR count). The van der Waals surface area contributed by atoms with Crippen molar-refractivity contribution >= 4 is 46.8 Å². The minimum atomic E-state index is -4.74. The Morgan fingerprint density at radius 2 is 1.57 bits per heavy atom. The molecule has 0 saturated heterocycles. The summed E-state index contributed by atoms with van der Waals surface area (Å²) in [5.74, 6) is -0.149. The molecule has 5 nitrogen and oxygen atoms in total. The lowest BCUT2D eigenvalue weighted by Crippen LogP contribution is -2.17. The molecule has 0 radical (unpaired) electrons. The van der Waals surface area contributed by atoms with Gasteiger partial charge in [0.15, 0.2) is 5.16 Å². The van der Waals surface area contributed by atoms with Gasteiger partial charge >= 0.3 is 6.36 Å². The van der Waals surface area contributed by atoms with E-state index in [1.165, 1.54) is 36.0 Å². The monoisotopic (exact) mass is 444 g/mol. The van der Waals surface area contributed by atoms with Crippen molar-refractivity contribution in [3.8, 4) is 5.75 Å². The van der Waals surface area contributed by atoms with Crippen LogP contribution < -0.4 is 10.1 Å². The summed E-state index contributed by atoms with van der Waals surface area (Å²) in [7, 11) is 0. The molecular weight excluding hydrogens is 433 g/mol. The first-order chi connectivity index (χ1) is 13.3. The molecule has 11 heteroatoms. The highest BCUT2D eigenvalue weighted by atomic mass is 35.5. The summed E-state index contributed by atoms with van der Waals surface area (Å²) in [6.45, 7) is 0. The van der Waals surface area contributed by atoms with E-state index in [0.717, 1.165) is 9.79 Å². The van der Waals surface area contributed by atoms with Gasteiger partial charge in [0.1, 0.15) is 5.75 Å². The highest BCUT2D eigenvalue weighted by Gasteiger charge is 2.30. The van der Waals surface area contributed by atoms with Gasteiger partial charge in [-0.3, -0.25) is 0 Å². The van der Waals surface area contributed by atoms with Crippen LogP contribution in [0.5, 0.6) is 5.75 Å². The molecule has 0 unspecified atom stereocenters. The molecule has 0 amide bonds. The number of nitrogens with zero attached hydrogens (tertiary/aromatic N) is 3. The number of nitrogens with one attached hydrogen (secondary N) is 1. The summed E-state index contributed by atoms with van der Waals surface area (Å²) in [5.41, 5.74) is 0.470. The van der Waals surface area contributed by atoms with Crippen LogP contribution in [0.25, 0.3) is 0 Å². The second-order valence-corrected chi connectivity index (χ2v) is 7.44. The Kier molecular flexibility index (Phi) is 6.53. The third-order valence-electron chi connectivity index (χ3n) is 3.20. The summed E-state index contributed by atoms with van der Waals surface area (Å²) in [6.07, 6.45) is -2.75. The number of hydrogen-bond acceptors (Lipinski definition) is 7. The van der Waals surface area contributed by atoms with Gasteiger partial charge in [-0.15, -0.1) is 24.9 Å². The summed E-state index contributed by atoms with van der Waals surface area (Å²) in [5, 5.41) is 3.26. The van der Waals surface area contributed by atoms with E-state index in [1.54, 1.807) is 11.8 Å². The van der Waals surface area contributed by atoms with Gasteiger partial charge in [-0.1, -0.05) is 0 Å². The lowest BCUT2D eigenvalue weighted by Gasteiger charge is -2.10. The molecular formula is C17H12ClF3N4OS2. The maximum absolute atomic E-state index is 12.2. The SMILES string of the molecule is CSc1ccc(Sc2nc(Cl)nc(Nc3ccc(OC(F)(F)F)cc3)n2)cc1. The quantitative estimate of drug-likeness (QED) is 0.465. The lowest BCUT2D eigenvalue weighted by atomic mass is 10.3. The van der Waals surface area contributed by atoms with Gasteiger partial charge in [0.2, 0.25) is 11.2 Å². The summed E-state index contributed by atoms with van der Waals surface area (Å²) in [4.78, 5) is 14.4. The maximum atomic E-state index is 12.2. The molecule has 1 heterocycles. The zero-order chi connectivity index (χ0) is 20.1. The van der Waals surface area contributed by atoms with Crippen molar-refractivity contribution in [1.82, 2.24) is 15.0 Å². The second kappa shape index (κ2) is 8.89. The van der Waals surface area contributed by atoms with E-state index in [1.807, 2.05) is 30.5 Å². The van der Waals surface area contributed by atoms with Crippen molar-refractivity contribution in [2.24, 2.45) is 0 Å². The number of rotatable bonds is 6. The molecule has 0 saturated carbocycles. The smallest absolute Gasteiger partial charge is 0.406 e. The first kappa shape index (κ1) is 20.6. The molecule has 0 aliphatic carbocycles. The third-order valence-corrected chi connectivity index (χ3v) is 4.99. The molecule has 28 heavy (non-hydrogen) atoms. The Bertz CT molecular complexity index is 941. The van der Waals surface area contributed by atoms with Crippen LogP contribution >= 0.6 is 35.1 Å². The zero-order valence-corrected chi connectivity index (χ0v) is 16.6. The summed E-state index contributed by atoms with van der Waals surface area (Å²) < 4.78 is 40.5. The minimum absolute atomic E-state index is 0.00208. The van der Waals surface area contributed by atoms with Crippen LogP contribution in [0.3, 0.4) is 0 Å². The Balaban J connectivity index is 1.72. The number of thioether (sulfide) groups is 1. The number of halogens is 4. The van der Waals surface area contributed by atoms with E-state index in [0.29, 0.717) is 10.8 Å². The fourth-order valence-corrected chi connectivity index (χ4v) is 3.42. The molecule has 0 bridgehead atoms. The average Bonchev–Trinajstić information content (AvgIpc) is 2.62. The number of alkyl halides is 3. The third kappa shape index (κ3) is 6.18. The van der Waals surface area contributed by atoms with E-state index in [4.69, 9.17) is 11.6 Å². The van der Waals surface area contributed by atoms with Crippen LogP contribution in [-0.4, -0.2) is 27.6 Å². The van der Waals surface area contributed by atoms with Crippen molar-refractivity contribution in [1.29, 1.82) is 0 Å². The Hall–Kier alpha value is -2.17. The molecule has 0 atom stereocenters. The van der Waals surface area contributed by atoms with Crippen LogP contribution in [-0.2, 0) is 0 Å². The topological polar surface area (TPSA) is 59.9 Å². The van der Waals surface area contributed by atoms with Crippen molar-refractivity contribution in [2.75, 3.05) is 11.6 Å². The molecule has 3 aromatic rings. The van der Waals surface area contributed by atoms with Crippen LogP contribution in [0.4, 0.5) is 24.8 Å². The predicted octanol–water partition coefficient (Wildman–Crippen LogP) is 6.04. The van der Waals surface area contributed by atoms with Crippen molar-refractivity contribution < 1.29 is 17.9 Å². The molecule has 0 fully saturated rings. The highest BCUT2D eigenvalue weighted by Crippen LogP contribution is 2.29. The Morgan fingerprint density at radius 3 is 2.18 bits per heavy atom. The van der Waals surface area contributed by atoms with E-state index in [9.17, 15) is 13.2 Å². The molecule has 0 aliphatic heterocycles. The second-order valence-electron chi connectivity index (χ2n) is 5.19. The van der Waals surface area contributed by atoms with Crippen molar-refractivity contribution in [3.05, 3.63) is 53.8 Å². The largest absolute Gasteiger partial charge is 0.573 e. The van der Waals surface area contributed by atoms with E-state index in [-0.39, 0.29) is 17.0 Å². The molecule has 2 aromatic carbocycles. The molecule has 146 valence electrons. The molecule has 1 aromatic heterocycles. The van der Waals surface area contributed by atoms with E-state index < -0.39 is 6.36 Å². The number of benzene rings is 2. The zero-order valence-electron chi connectivity index (χ0n) is 14.2. The minimum Gasteiger partial charge on any atom is -0.406 e. The number of ether oxygens (including phenoxy) is 1. The number of anilines is 2. The van der Waals surface area contributed by atoms with Crippen molar-refractivity contribution in [2.45, 2.75) is 21.3 Å². The Morgan fingerprint density at radius 1 is 0.929 bits per heavy atom. The van der Waals surface area contributed by atoms with Crippen LogP contribution in [0.2, 0.25) is 5.28 Å². The van der Waals surface area contributed by atoms with Gasteiger partial charge in [0.25, 0.3) is 0 Å². The van der Waals surface area contributed by atoms with Gasteiger partial charge in [-0.2, -0.15) is 15.0 Å². The van der Waals surface area contributed by atoms with Gasteiger partial charge < -0.3 is 10.1 Å². The lowest BCUT2D eigenvalue weighted by molar-refractivity contribution is -0.274. The van der Waals surface area contributed by atoms with E-state index >= 15 is 0 Å². The molecule has 1 N–H and O–H groups in total. The van der Waals surface area contributed by atoms with Crippen LogP contribution in [0.1, 0.15) is 0 Å². The standard InChI is InChI=1S/C17H12ClF3N4OS2/c1-27-12-6-8-13(9-7-12)28-16-24-14(18)23-15(25-16)22-10-2-4-11(5-3-10)26-17(19,20)21/h2-9H,1H3,(H,22,23,24,25). The number of aromatic nitrogens is 3. The predicted molar refractivity (Wildman–Crippen MR) is 104 cm³/mol. The van der Waals surface area contributed by atoms with Crippen LogP contribution in [0.15, 0.2) is 63.5 Å². The Labute approximate surface area is 172 Å². The average molecular weight is 445 g/mol. The normalized spacial score (nSPS) is 11.3. The van der Waals surface area contributed by atoms with Crippen molar-refractivity contribution in [3.63, 3.8) is 0 Å². The summed E-state index contributed by atoms with van der Waals surface area (Å²) >= 11 is 8.92. The fourth-order valence-electron chi connectivity index (χ4n) is 2.05. The van der Waals surface area contributed by atoms with Crippen LogP contribution in [0, 0.1) is 0 Å². The molecule has 0 spiro atoms.